The van der Waals surface area contributed by atoms with E-state index in [1.807, 2.05) is 13.8 Å². The zero-order valence-electron chi connectivity index (χ0n) is 18.5. The predicted molar refractivity (Wildman–Crippen MR) is 119 cm³/mol. The van der Waals surface area contributed by atoms with Crippen LogP contribution < -0.4 is 4.74 Å². The van der Waals surface area contributed by atoms with Crippen LogP contribution in [0.1, 0.15) is 53.4 Å². The quantitative estimate of drug-likeness (QED) is 0.434. The average molecular weight is 482 g/mol. The van der Waals surface area contributed by atoms with Crippen LogP contribution in [0, 0.1) is 12.8 Å². The van der Waals surface area contributed by atoms with Crippen molar-refractivity contribution in [2.75, 3.05) is 7.11 Å². The molecule has 3 rings (SSSR count). The number of carbonyl (C=O) groups is 2. The highest BCUT2D eigenvalue weighted by atomic mass is 35.5. The second-order valence-corrected chi connectivity index (χ2v) is 8.33. The molecule has 1 N–H and O–H groups in total. The Morgan fingerprint density at radius 3 is 2.27 bits per heavy atom. The Bertz CT molecular complexity index is 1220. The molecule has 5 nitrogen and oxygen atoms in total. The van der Waals surface area contributed by atoms with Crippen molar-refractivity contribution in [3.8, 4) is 5.75 Å². The van der Waals surface area contributed by atoms with Crippen LogP contribution in [-0.2, 0) is 11.0 Å². The molecule has 0 saturated carbocycles. The third-order valence-corrected chi connectivity index (χ3v) is 6.27. The number of alkyl halides is 3. The summed E-state index contributed by atoms with van der Waals surface area (Å²) in [5.74, 6) is -2.47. The summed E-state index contributed by atoms with van der Waals surface area (Å²) in [6, 6.07) is 6.97. The van der Waals surface area contributed by atoms with E-state index in [1.165, 1.54) is 17.7 Å². The number of hydrogen-bond donors (Lipinski definition) is 1. The molecule has 176 valence electrons. The van der Waals surface area contributed by atoms with Gasteiger partial charge in [0.1, 0.15) is 5.75 Å². The first-order valence-electron chi connectivity index (χ1n) is 10.3. The van der Waals surface area contributed by atoms with E-state index in [9.17, 15) is 27.9 Å². The van der Waals surface area contributed by atoms with Gasteiger partial charge in [-0.15, -0.1) is 0 Å². The van der Waals surface area contributed by atoms with Gasteiger partial charge >= 0.3 is 12.1 Å². The number of hydrogen-bond acceptors (Lipinski definition) is 3. The number of benzene rings is 2. The van der Waals surface area contributed by atoms with E-state index in [1.54, 1.807) is 13.0 Å². The van der Waals surface area contributed by atoms with Crippen LogP contribution >= 0.6 is 11.6 Å². The Labute approximate surface area is 193 Å². The Hall–Kier alpha value is -3.00. The van der Waals surface area contributed by atoms with Crippen LogP contribution in [0.15, 0.2) is 36.4 Å². The molecule has 0 spiro atoms. The number of nitrogens with zero attached hydrogens (tertiary/aromatic N) is 1. The summed E-state index contributed by atoms with van der Waals surface area (Å²) in [4.78, 5) is 25.7. The van der Waals surface area contributed by atoms with E-state index >= 15 is 0 Å². The number of aromatic nitrogens is 1. The number of methoxy groups -OCH3 is 1. The highest BCUT2D eigenvalue weighted by Gasteiger charge is 2.34. The summed E-state index contributed by atoms with van der Waals surface area (Å²) in [6.07, 6.45) is -3.94. The minimum Gasteiger partial charge on any atom is -0.495 e. The van der Waals surface area contributed by atoms with Gasteiger partial charge in [-0.25, -0.2) is 0 Å². The SMILES string of the molecule is CCC(C)C(C(=O)O)c1c(C)n(C(=O)c2ccc(C(F)(F)F)cc2)c2cc(Cl)c(OC)cc12. The maximum atomic E-state index is 13.4. The van der Waals surface area contributed by atoms with Gasteiger partial charge in [-0.3, -0.25) is 14.2 Å². The zero-order valence-corrected chi connectivity index (χ0v) is 19.2. The highest BCUT2D eigenvalue weighted by molar-refractivity contribution is 6.33. The summed E-state index contributed by atoms with van der Waals surface area (Å²) in [7, 11) is 1.42. The zero-order chi connectivity index (χ0) is 24.7. The summed E-state index contributed by atoms with van der Waals surface area (Å²) in [6.45, 7) is 5.31. The lowest BCUT2D eigenvalue weighted by Gasteiger charge is -2.20. The average Bonchev–Trinajstić information content (AvgIpc) is 3.02. The molecule has 0 aliphatic heterocycles. The van der Waals surface area contributed by atoms with Crippen molar-refractivity contribution in [1.29, 1.82) is 0 Å². The van der Waals surface area contributed by atoms with Gasteiger partial charge in [0, 0.05) is 16.6 Å². The van der Waals surface area contributed by atoms with Crippen LogP contribution in [-0.4, -0.2) is 28.7 Å². The highest BCUT2D eigenvalue weighted by Crippen LogP contribution is 2.41. The number of rotatable bonds is 6. The maximum absolute atomic E-state index is 13.4. The molecule has 0 amide bonds. The molecule has 0 aliphatic carbocycles. The molecule has 33 heavy (non-hydrogen) atoms. The van der Waals surface area contributed by atoms with Gasteiger partial charge in [0.15, 0.2) is 0 Å². The van der Waals surface area contributed by atoms with Crippen molar-refractivity contribution >= 4 is 34.4 Å². The lowest BCUT2D eigenvalue weighted by Crippen LogP contribution is -2.21. The monoisotopic (exact) mass is 481 g/mol. The first kappa shape index (κ1) is 24.6. The van der Waals surface area contributed by atoms with Gasteiger partial charge in [0.05, 0.1) is 29.1 Å². The van der Waals surface area contributed by atoms with Crippen molar-refractivity contribution in [1.82, 2.24) is 4.57 Å². The van der Waals surface area contributed by atoms with E-state index < -0.39 is 29.5 Å². The molecule has 0 radical (unpaired) electrons. The standard InChI is InChI=1S/C24H23ClF3NO4/c1-5-12(2)20(23(31)32)21-13(3)29(18-11-17(25)19(33-4)10-16(18)21)22(30)14-6-8-15(9-7-14)24(26,27)28/h6-12,20H,5H2,1-4H3,(H,31,32). The number of carboxylic acid groups (broad SMARTS) is 1. The molecule has 0 fully saturated rings. The molecule has 1 aromatic heterocycles. The molecular weight excluding hydrogens is 459 g/mol. The van der Waals surface area contributed by atoms with Crippen LogP contribution in [0.3, 0.4) is 0 Å². The number of fused-ring (bicyclic) bond motifs is 1. The second kappa shape index (κ2) is 9.09. The summed E-state index contributed by atoms with van der Waals surface area (Å²) in [5, 5.41) is 10.7. The Morgan fingerprint density at radius 2 is 1.79 bits per heavy atom. The molecule has 0 saturated heterocycles. The van der Waals surface area contributed by atoms with Crippen LogP contribution in [0.5, 0.6) is 5.75 Å². The molecule has 0 aliphatic rings. The van der Waals surface area contributed by atoms with Crippen molar-refractivity contribution in [2.24, 2.45) is 5.92 Å². The van der Waals surface area contributed by atoms with Crippen LogP contribution in [0.2, 0.25) is 5.02 Å². The first-order chi connectivity index (χ1) is 15.4. The molecule has 9 heteroatoms. The number of aliphatic carboxylic acids is 1. The maximum Gasteiger partial charge on any atom is 0.416 e. The smallest absolute Gasteiger partial charge is 0.416 e. The molecule has 1 heterocycles. The molecule has 0 bridgehead atoms. The fourth-order valence-corrected chi connectivity index (χ4v) is 4.30. The van der Waals surface area contributed by atoms with Gasteiger partial charge in [-0.2, -0.15) is 13.2 Å². The number of halogens is 4. The minimum atomic E-state index is -4.53. The van der Waals surface area contributed by atoms with Crippen molar-refractivity contribution in [2.45, 2.75) is 39.3 Å². The second-order valence-electron chi connectivity index (χ2n) is 7.92. The van der Waals surface area contributed by atoms with E-state index in [4.69, 9.17) is 16.3 Å². The number of carboxylic acids is 1. The van der Waals surface area contributed by atoms with Gasteiger partial charge in [-0.1, -0.05) is 31.9 Å². The summed E-state index contributed by atoms with van der Waals surface area (Å²) >= 11 is 6.30. The normalized spacial score (nSPS) is 13.7. The predicted octanol–water partition coefficient (Wildman–Crippen LogP) is 6.53. The summed E-state index contributed by atoms with van der Waals surface area (Å²) in [5.41, 5.74) is 0.336. The first-order valence-corrected chi connectivity index (χ1v) is 10.6. The lowest BCUT2D eigenvalue weighted by molar-refractivity contribution is -0.140. The summed E-state index contributed by atoms with van der Waals surface area (Å²) < 4.78 is 45.4. The van der Waals surface area contributed by atoms with Gasteiger partial charge in [-0.05, 0) is 54.8 Å². The minimum absolute atomic E-state index is 0.0249. The van der Waals surface area contributed by atoms with E-state index in [0.29, 0.717) is 34.3 Å². The molecule has 2 aromatic carbocycles. The molecule has 2 atom stereocenters. The van der Waals surface area contributed by atoms with Gasteiger partial charge in [0.25, 0.3) is 5.91 Å². The van der Waals surface area contributed by atoms with Crippen LogP contribution in [0.25, 0.3) is 10.9 Å². The molecule has 2 unspecified atom stereocenters. The van der Waals surface area contributed by atoms with Crippen molar-refractivity contribution in [3.63, 3.8) is 0 Å². The fourth-order valence-electron chi connectivity index (χ4n) is 4.07. The topological polar surface area (TPSA) is 68.5 Å². The van der Waals surface area contributed by atoms with Gasteiger partial charge < -0.3 is 9.84 Å². The Kier molecular flexibility index (Phi) is 6.79. The Balaban J connectivity index is 2.30. The van der Waals surface area contributed by atoms with Crippen molar-refractivity contribution < 1.29 is 32.6 Å². The largest absolute Gasteiger partial charge is 0.495 e. The van der Waals surface area contributed by atoms with Gasteiger partial charge in [0.2, 0.25) is 0 Å². The third-order valence-electron chi connectivity index (χ3n) is 5.98. The van der Waals surface area contributed by atoms with E-state index in [-0.39, 0.29) is 16.5 Å². The fraction of sp³-hybridized carbons (Fsp3) is 0.333. The van der Waals surface area contributed by atoms with Crippen LogP contribution in [0.4, 0.5) is 13.2 Å². The number of carbonyl (C=O) groups excluding carboxylic acids is 1. The van der Waals surface area contributed by atoms with E-state index in [2.05, 4.69) is 0 Å². The molecule has 3 aromatic rings. The lowest BCUT2D eigenvalue weighted by atomic mass is 9.84. The Morgan fingerprint density at radius 1 is 1.18 bits per heavy atom. The number of ether oxygens (including phenoxy) is 1. The van der Waals surface area contributed by atoms with E-state index in [0.717, 1.165) is 24.3 Å². The van der Waals surface area contributed by atoms with Crippen molar-refractivity contribution in [3.05, 3.63) is 63.8 Å². The molecular formula is C24H23ClF3NO4. The third kappa shape index (κ3) is 4.44.